The van der Waals surface area contributed by atoms with Gasteiger partial charge in [-0.3, -0.25) is 9.59 Å². The van der Waals surface area contributed by atoms with Crippen LogP contribution >= 0.6 is 0 Å². The molecule has 1 N–H and O–H groups in total. The lowest BCUT2D eigenvalue weighted by atomic mass is 9.85. The summed E-state index contributed by atoms with van der Waals surface area (Å²) in [5.41, 5.74) is 2.94. The van der Waals surface area contributed by atoms with E-state index in [1.165, 1.54) is 0 Å². The molecule has 0 aliphatic heterocycles. The summed E-state index contributed by atoms with van der Waals surface area (Å²) in [4.78, 5) is 29.0. The normalized spacial score (nSPS) is 14.2. The molecule has 150 valence electrons. The molecular weight excluding hydrogens is 338 g/mol. The Labute approximate surface area is 164 Å². The van der Waals surface area contributed by atoms with Gasteiger partial charge in [-0.05, 0) is 42.5 Å². The number of carbonyl (C=O) groups excluding carboxylic acids is 2. The molecule has 0 atom stereocenters. The molecule has 0 unspecified atom stereocenters. The topological polar surface area (TPSA) is 52.7 Å². The van der Waals surface area contributed by atoms with Crippen molar-refractivity contribution in [2.24, 2.45) is 17.8 Å². The Kier molecular flexibility index (Phi) is 7.28. The van der Waals surface area contributed by atoms with Crippen LogP contribution in [0.4, 0.5) is 11.4 Å². The van der Waals surface area contributed by atoms with Gasteiger partial charge in [-0.2, -0.15) is 0 Å². The van der Waals surface area contributed by atoms with Crippen LogP contribution in [0.25, 0.3) is 0 Å². The average Bonchev–Trinajstić information content (AvgIpc) is 2.51. The van der Waals surface area contributed by atoms with Crippen molar-refractivity contribution in [3.8, 4) is 0 Å². The Morgan fingerprint density at radius 3 is 2.30 bits per heavy atom. The van der Waals surface area contributed by atoms with Crippen molar-refractivity contribution in [1.82, 2.24) is 4.90 Å². The highest BCUT2D eigenvalue weighted by Crippen LogP contribution is 2.29. The van der Waals surface area contributed by atoms with Crippen LogP contribution in [0.2, 0.25) is 0 Å². The Morgan fingerprint density at radius 2 is 1.81 bits per heavy atom. The molecule has 0 radical (unpaired) electrons. The first kappa shape index (κ1) is 21.3. The highest BCUT2D eigenvalue weighted by atomic mass is 16.2. The number of rotatable bonds is 8. The van der Waals surface area contributed by atoms with E-state index in [0.717, 1.165) is 42.7 Å². The molecule has 1 aromatic rings. The predicted octanol–water partition coefficient (Wildman–Crippen LogP) is 4.13. The van der Waals surface area contributed by atoms with Gasteiger partial charge in [0.1, 0.15) is 0 Å². The zero-order valence-corrected chi connectivity index (χ0v) is 17.7. The average molecular weight is 374 g/mol. The van der Waals surface area contributed by atoms with Crippen molar-refractivity contribution in [2.75, 3.05) is 30.9 Å². The van der Waals surface area contributed by atoms with Gasteiger partial charge in [0.15, 0.2) is 0 Å². The molecule has 0 saturated heterocycles. The third-order valence-electron chi connectivity index (χ3n) is 5.06. The van der Waals surface area contributed by atoms with Gasteiger partial charge in [-0.25, -0.2) is 0 Å². The maximum atomic E-state index is 12.7. The molecule has 5 nitrogen and oxygen atoms in total. The minimum Gasteiger partial charge on any atom is -0.377 e. The fourth-order valence-corrected chi connectivity index (χ4v) is 3.38. The van der Waals surface area contributed by atoms with E-state index in [0.29, 0.717) is 12.5 Å². The highest BCUT2D eigenvalue weighted by Gasteiger charge is 2.25. The molecule has 1 fully saturated rings. The number of carbonyl (C=O) groups is 2. The van der Waals surface area contributed by atoms with Gasteiger partial charge in [-0.15, -0.1) is 0 Å². The SMILES string of the molecule is CC(C)CN(Cc1cc(NC(=O)C2CCC2)ccc1N(C)C)C(=O)C(C)C. The molecule has 27 heavy (non-hydrogen) atoms. The van der Waals surface area contributed by atoms with Crippen molar-refractivity contribution in [1.29, 1.82) is 0 Å². The largest absolute Gasteiger partial charge is 0.377 e. The number of hydrogen-bond donors (Lipinski definition) is 1. The molecule has 2 amide bonds. The number of nitrogens with one attached hydrogen (secondary N) is 1. The molecular formula is C22H35N3O2. The zero-order chi connectivity index (χ0) is 20.1. The fraction of sp³-hybridized carbons (Fsp3) is 0.636. The number of nitrogens with zero attached hydrogens (tertiary/aromatic N) is 2. The first-order chi connectivity index (χ1) is 12.7. The lowest BCUT2D eigenvalue weighted by molar-refractivity contribution is -0.135. The van der Waals surface area contributed by atoms with Crippen LogP contribution in [0.3, 0.4) is 0 Å². The van der Waals surface area contributed by atoms with Crippen LogP contribution in [-0.2, 0) is 16.1 Å². The maximum absolute atomic E-state index is 12.7. The van der Waals surface area contributed by atoms with Crippen molar-refractivity contribution in [3.05, 3.63) is 23.8 Å². The molecule has 5 heteroatoms. The predicted molar refractivity (Wildman–Crippen MR) is 112 cm³/mol. The molecule has 0 aromatic heterocycles. The number of benzene rings is 1. The second kappa shape index (κ2) is 9.25. The van der Waals surface area contributed by atoms with Crippen LogP contribution in [0.15, 0.2) is 18.2 Å². The molecule has 0 heterocycles. The van der Waals surface area contributed by atoms with E-state index in [1.807, 2.05) is 51.0 Å². The smallest absolute Gasteiger partial charge is 0.227 e. The minimum absolute atomic E-state index is 0.0342. The second-order valence-corrected chi connectivity index (χ2v) is 8.62. The van der Waals surface area contributed by atoms with E-state index >= 15 is 0 Å². The minimum atomic E-state index is -0.0342. The Hall–Kier alpha value is -2.04. The highest BCUT2D eigenvalue weighted by molar-refractivity contribution is 5.93. The quantitative estimate of drug-likeness (QED) is 0.745. The van der Waals surface area contributed by atoms with Crippen LogP contribution in [0.5, 0.6) is 0 Å². The lowest BCUT2D eigenvalue weighted by Gasteiger charge is -2.29. The van der Waals surface area contributed by atoms with Crippen LogP contribution in [0.1, 0.15) is 52.5 Å². The molecule has 1 saturated carbocycles. The van der Waals surface area contributed by atoms with Gasteiger partial charge < -0.3 is 15.1 Å². The van der Waals surface area contributed by atoms with Crippen molar-refractivity contribution in [3.63, 3.8) is 0 Å². The van der Waals surface area contributed by atoms with Gasteiger partial charge in [-0.1, -0.05) is 34.1 Å². The third kappa shape index (κ3) is 5.72. The molecule has 1 aliphatic carbocycles. The van der Waals surface area contributed by atoms with E-state index in [9.17, 15) is 9.59 Å². The van der Waals surface area contributed by atoms with Crippen LogP contribution < -0.4 is 10.2 Å². The van der Waals surface area contributed by atoms with Gasteiger partial charge in [0.05, 0.1) is 0 Å². The van der Waals surface area contributed by atoms with E-state index in [4.69, 9.17) is 0 Å². The van der Waals surface area contributed by atoms with E-state index in [2.05, 4.69) is 24.1 Å². The fourth-order valence-electron chi connectivity index (χ4n) is 3.38. The summed E-state index contributed by atoms with van der Waals surface area (Å²) >= 11 is 0. The molecule has 1 aromatic carbocycles. The van der Waals surface area contributed by atoms with Crippen molar-refractivity contribution in [2.45, 2.75) is 53.5 Å². The summed E-state index contributed by atoms with van der Waals surface area (Å²) in [7, 11) is 4.00. The van der Waals surface area contributed by atoms with Gasteiger partial charge in [0.25, 0.3) is 0 Å². The Balaban J connectivity index is 2.25. The molecule has 0 spiro atoms. The van der Waals surface area contributed by atoms with Crippen LogP contribution in [0, 0.1) is 17.8 Å². The van der Waals surface area contributed by atoms with Crippen molar-refractivity contribution < 1.29 is 9.59 Å². The van der Waals surface area contributed by atoms with Gasteiger partial charge in [0.2, 0.25) is 11.8 Å². The Morgan fingerprint density at radius 1 is 1.15 bits per heavy atom. The molecule has 0 bridgehead atoms. The molecule has 2 rings (SSSR count). The summed E-state index contributed by atoms with van der Waals surface area (Å²) in [6.45, 7) is 9.42. The molecule has 1 aliphatic rings. The monoisotopic (exact) mass is 373 g/mol. The lowest BCUT2D eigenvalue weighted by Crippen LogP contribution is -2.37. The van der Waals surface area contributed by atoms with Crippen LogP contribution in [-0.4, -0.2) is 37.4 Å². The Bertz CT molecular complexity index is 664. The second-order valence-electron chi connectivity index (χ2n) is 8.62. The first-order valence-electron chi connectivity index (χ1n) is 10.1. The standard InChI is InChI=1S/C22H35N3O2/c1-15(2)13-25(22(27)16(3)4)14-18-12-19(10-11-20(18)24(5)6)23-21(26)17-8-7-9-17/h10-12,15-17H,7-9,13-14H2,1-6H3,(H,23,26). The zero-order valence-electron chi connectivity index (χ0n) is 17.7. The van der Waals surface area contributed by atoms with Crippen molar-refractivity contribution >= 4 is 23.2 Å². The summed E-state index contributed by atoms with van der Waals surface area (Å²) in [5.74, 6) is 0.798. The van der Waals surface area contributed by atoms with Gasteiger partial charge >= 0.3 is 0 Å². The summed E-state index contributed by atoms with van der Waals surface area (Å²) < 4.78 is 0. The number of amides is 2. The van der Waals surface area contributed by atoms with E-state index in [1.54, 1.807) is 0 Å². The third-order valence-corrected chi connectivity index (χ3v) is 5.06. The number of hydrogen-bond acceptors (Lipinski definition) is 3. The summed E-state index contributed by atoms with van der Waals surface area (Å²) in [6, 6.07) is 6.00. The first-order valence-corrected chi connectivity index (χ1v) is 10.1. The summed E-state index contributed by atoms with van der Waals surface area (Å²) in [6.07, 6.45) is 3.11. The number of anilines is 2. The van der Waals surface area contributed by atoms with Gasteiger partial charge in [0, 0.05) is 50.4 Å². The maximum Gasteiger partial charge on any atom is 0.227 e. The summed E-state index contributed by atoms with van der Waals surface area (Å²) in [5, 5.41) is 3.06. The van der Waals surface area contributed by atoms with E-state index < -0.39 is 0 Å². The van der Waals surface area contributed by atoms with E-state index in [-0.39, 0.29) is 23.7 Å².